The maximum Gasteiger partial charge on any atom is 0.410 e. The molecule has 1 rings (SSSR count). The van der Waals surface area contributed by atoms with Crippen molar-refractivity contribution in [2.45, 2.75) is 52.2 Å². The average molecular weight is 258 g/mol. The first kappa shape index (κ1) is 15.2. The molecule has 5 heteroatoms. The van der Waals surface area contributed by atoms with Crippen molar-refractivity contribution in [2.24, 2.45) is 5.92 Å². The molecule has 0 saturated carbocycles. The summed E-state index contributed by atoms with van der Waals surface area (Å²) in [6.07, 6.45) is 1.91. The van der Waals surface area contributed by atoms with Crippen LogP contribution >= 0.6 is 0 Å². The quantitative estimate of drug-likeness (QED) is 0.788. The minimum absolute atomic E-state index is 0.211. The first-order chi connectivity index (χ1) is 8.33. The Labute approximate surface area is 110 Å². The van der Waals surface area contributed by atoms with Crippen LogP contribution in [0.3, 0.4) is 0 Å². The van der Waals surface area contributed by atoms with Crippen molar-refractivity contribution in [2.75, 3.05) is 20.2 Å². The van der Waals surface area contributed by atoms with E-state index < -0.39 is 5.60 Å². The third-order valence-electron chi connectivity index (χ3n) is 3.12. The molecule has 1 amide bonds. The van der Waals surface area contributed by atoms with Crippen LogP contribution in [-0.4, -0.2) is 42.8 Å². The van der Waals surface area contributed by atoms with Crippen molar-refractivity contribution in [3.8, 4) is 0 Å². The second-order valence-corrected chi connectivity index (χ2v) is 5.94. The summed E-state index contributed by atoms with van der Waals surface area (Å²) in [5.74, 6) is 0.409. The summed E-state index contributed by atoms with van der Waals surface area (Å²) in [4.78, 5) is 18.7. The number of ether oxygens (including phenoxy) is 1. The van der Waals surface area contributed by atoms with Gasteiger partial charge in [0.2, 0.25) is 0 Å². The number of likely N-dealkylation sites (tertiary alicyclic amines) is 1. The maximum absolute atomic E-state index is 12.0. The molecule has 1 fully saturated rings. The predicted octanol–water partition coefficient (Wildman–Crippen LogP) is 2.17. The van der Waals surface area contributed by atoms with Gasteiger partial charge in [-0.25, -0.2) is 4.79 Å². The van der Waals surface area contributed by atoms with Crippen LogP contribution in [-0.2, 0) is 9.57 Å². The molecule has 0 bridgehead atoms. The van der Waals surface area contributed by atoms with E-state index in [-0.39, 0.29) is 12.1 Å². The summed E-state index contributed by atoms with van der Waals surface area (Å²) in [6, 6.07) is 0.236. The van der Waals surface area contributed by atoms with Crippen LogP contribution in [0.2, 0.25) is 0 Å². The van der Waals surface area contributed by atoms with Gasteiger partial charge in [-0.15, -0.1) is 0 Å². The Morgan fingerprint density at radius 1 is 1.44 bits per heavy atom. The lowest BCUT2D eigenvalue weighted by Gasteiger charge is -2.36. The number of amides is 1. The third kappa shape index (κ3) is 4.82. The van der Waals surface area contributed by atoms with Crippen molar-refractivity contribution in [1.29, 1.82) is 0 Å². The SMILES string of the molecule is CONC(C)C1CCCN(C(=O)OC(C)(C)C)C1. The lowest BCUT2D eigenvalue weighted by Crippen LogP contribution is -2.47. The Kier molecular flexibility index (Phi) is 5.41. The second kappa shape index (κ2) is 6.38. The summed E-state index contributed by atoms with van der Waals surface area (Å²) in [6.45, 7) is 9.26. The fourth-order valence-electron chi connectivity index (χ4n) is 2.19. The summed E-state index contributed by atoms with van der Waals surface area (Å²) in [5, 5.41) is 0. The predicted molar refractivity (Wildman–Crippen MR) is 70.1 cm³/mol. The van der Waals surface area contributed by atoms with Gasteiger partial charge in [0, 0.05) is 19.1 Å². The number of hydrogen-bond donors (Lipinski definition) is 1. The van der Waals surface area contributed by atoms with Gasteiger partial charge in [0.05, 0.1) is 7.11 Å². The van der Waals surface area contributed by atoms with Crippen molar-refractivity contribution >= 4 is 6.09 Å². The minimum Gasteiger partial charge on any atom is -0.444 e. The highest BCUT2D eigenvalue weighted by atomic mass is 16.6. The van der Waals surface area contributed by atoms with Crippen molar-refractivity contribution in [3.05, 3.63) is 0 Å². The summed E-state index contributed by atoms with van der Waals surface area (Å²) in [5.41, 5.74) is 2.51. The molecule has 1 aliphatic rings. The number of nitrogens with zero attached hydrogens (tertiary/aromatic N) is 1. The van der Waals surface area contributed by atoms with Crippen molar-refractivity contribution in [3.63, 3.8) is 0 Å². The van der Waals surface area contributed by atoms with E-state index >= 15 is 0 Å². The largest absolute Gasteiger partial charge is 0.444 e. The molecule has 106 valence electrons. The van der Waals surface area contributed by atoms with E-state index in [0.29, 0.717) is 5.92 Å². The maximum atomic E-state index is 12.0. The van der Waals surface area contributed by atoms with Crippen LogP contribution in [0.25, 0.3) is 0 Å². The molecule has 0 aromatic rings. The normalized spacial score (nSPS) is 22.7. The summed E-state index contributed by atoms with van der Waals surface area (Å²) < 4.78 is 5.40. The molecule has 1 saturated heterocycles. The highest BCUT2D eigenvalue weighted by Crippen LogP contribution is 2.21. The van der Waals surface area contributed by atoms with Crippen LogP contribution < -0.4 is 5.48 Å². The van der Waals surface area contributed by atoms with E-state index in [4.69, 9.17) is 9.57 Å². The van der Waals surface area contributed by atoms with Gasteiger partial charge in [-0.2, -0.15) is 5.48 Å². The van der Waals surface area contributed by atoms with E-state index in [1.54, 1.807) is 12.0 Å². The number of hydrogen-bond acceptors (Lipinski definition) is 4. The molecule has 0 radical (unpaired) electrons. The van der Waals surface area contributed by atoms with Crippen LogP contribution in [0.5, 0.6) is 0 Å². The monoisotopic (exact) mass is 258 g/mol. The third-order valence-corrected chi connectivity index (χ3v) is 3.12. The van der Waals surface area contributed by atoms with Crippen molar-refractivity contribution < 1.29 is 14.4 Å². The summed E-state index contributed by atoms with van der Waals surface area (Å²) >= 11 is 0. The van der Waals surface area contributed by atoms with Crippen LogP contribution in [0.1, 0.15) is 40.5 Å². The number of hydroxylamine groups is 1. The topological polar surface area (TPSA) is 50.8 Å². The average Bonchev–Trinajstić information content (AvgIpc) is 2.27. The van der Waals surface area contributed by atoms with E-state index in [0.717, 1.165) is 25.9 Å². The van der Waals surface area contributed by atoms with E-state index in [2.05, 4.69) is 12.4 Å². The summed E-state index contributed by atoms with van der Waals surface area (Å²) in [7, 11) is 1.62. The molecular formula is C13H26N2O3. The molecular weight excluding hydrogens is 232 g/mol. The minimum atomic E-state index is -0.430. The number of rotatable bonds is 3. The highest BCUT2D eigenvalue weighted by molar-refractivity contribution is 5.68. The number of carbonyl (C=O) groups excluding carboxylic acids is 1. The van der Waals surface area contributed by atoms with Gasteiger partial charge >= 0.3 is 6.09 Å². The van der Waals surface area contributed by atoms with Crippen LogP contribution in [0, 0.1) is 5.92 Å². The number of carbonyl (C=O) groups is 1. The van der Waals surface area contributed by atoms with E-state index in [1.165, 1.54) is 0 Å². The van der Waals surface area contributed by atoms with Gasteiger partial charge in [-0.3, -0.25) is 0 Å². The number of piperidine rings is 1. The highest BCUT2D eigenvalue weighted by Gasteiger charge is 2.30. The van der Waals surface area contributed by atoms with Gasteiger partial charge < -0.3 is 14.5 Å². The first-order valence-electron chi connectivity index (χ1n) is 6.60. The van der Waals surface area contributed by atoms with Crippen molar-refractivity contribution in [1.82, 2.24) is 10.4 Å². The molecule has 0 spiro atoms. The van der Waals surface area contributed by atoms with Gasteiger partial charge in [-0.1, -0.05) is 0 Å². The standard InChI is InChI=1S/C13H26N2O3/c1-10(14-17-5)11-7-6-8-15(9-11)12(16)18-13(2,3)4/h10-11,14H,6-9H2,1-5H3. The molecule has 1 N–H and O–H groups in total. The Hall–Kier alpha value is -0.810. The van der Waals surface area contributed by atoms with Gasteiger partial charge in [0.1, 0.15) is 5.60 Å². The molecule has 1 heterocycles. The van der Waals surface area contributed by atoms with E-state index in [9.17, 15) is 4.79 Å². The Morgan fingerprint density at radius 2 is 2.11 bits per heavy atom. The second-order valence-electron chi connectivity index (χ2n) is 5.94. The molecule has 0 aliphatic carbocycles. The fraction of sp³-hybridized carbons (Fsp3) is 0.923. The smallest absolute Gasteiger partial charge is 0.410 e. The lowest BCUT2D eigenvalue weighted by molar-refractivity contribution is 0.00258. The first-order valence-corrected chi connectivity index (χ1v) is 6.60. The zero-order valence-electron chi connectivity index (χ0n) is 12.2. The molecule has 5 nitrogen and oxygen atoms in total. The van der Waals surface area contributed by atoms with Gasteiger partial charge in [0.15, 0.2) is 0 Å². The molecule has 0 aromatic heterocycles. The lowest BCUT2D eigenvalue weighted by atomic mass is 9.92. The van der Waals surface area contributed by atoms with E-state index in [1.807, 2.05) is 20.8 Å². The molecule has 0 aromatic carbocycles. The Morgan fingerprint density at radius 3 is 2.67 bits per heavy atom. The number of nitrogens with one attached hydrogen (secondary N) is 1. The van der Waals surface area contributed by atoms with Gasteiger partial charge in [-0.05, 0) is 46.5 Å². The van der Waals surface area contributed by atoms with Gasteiger partial charge in [0.25, 0.3) is 0 Å². The van der Waals surface area contributed by atoms with Crippen LogP contribution in [0.15, 0.2) is 0 Å². The molecule has 1 aliphatic heterocycles. The Bertz CT molecular complexity index is 276. The zero-order valence-corrected chi connectivity index (χ0v) is 12.2. The Balaban J connectivity index is 2.50. The molecule has 2 atom stereocenters. The van der Waals surface area contributed by atoms with Crippen LogP contribution in [0.4, 0.5) is 4.79 Å². The molecule has 2 unspecified atom stereocenters. The fourth-order valence-corrected chi connectivity index (χ4v) is 2.19. The zero-order chi connectivity index (χ0) is 13.8. The molecule has 18 heavy (non-hydrogen) atoms.